The number of hydrogen-bond acceptors (Lipinski definition) is 3. The monoisotopic (exact) mass is 350 g/mol. The molecule has 2 aromatic rings. The SMILES string of the molecule is Cc1ccc(C)n1Nc1c(Br)cnn(CC2CCC2)c1=O. The van der Waals surface area contributed by atoms with Gasteiger partial charge < -0.3 is 0 Å². The van der Waals surface area contributed by atoms with Crippen LogP contribution in [0.15, 0.2) is 27.6 Å². The quantitative estimate of drug-likeness (QED) is 0.921. The van der Waals surface area contributed by atoms with Crippen molar-refractivity contribution in [2.75, 3.05) is 5.43 Å². The van der Waals surface area contributed by atoms with Crippen molar-refractivity contribution in [1.82, 2.24) is 14.5 Å². The lowest BCUT2D eigenvalue weighted by Crippen LogP contribution is -2.32. The minimum absolute atomic E-state index is 0.0798. The second kappa shape index (κ2) is 5.67. The third kappa shape index (κ3) is 2.77. The fraction of sp³-hybridized carbons (Fsp3) is 0.467. The number of nitrogens with zero attached hydrogens (tertiary/aromatic N) is 3. The molecule has 2 aromatic heterocycles. The third-order valence-electron chi connectivity index (χ3n) is 4.15. The maximum atomic E-state index is 12.6. The molecule has 0 bridgehead atoms. The summed E-state index contributed by atoms with van der Waals surface area (Å²) in [6.45, 7) is 4.72. The Hall–Kier alpha value is -1.56. The smallest absolute Gasteiger partial charge is 0.288 e. The number of halogens is 1. The molecule has 0 radical (unpaired) electrons. The van der Waals surface area contributed by atoms with E-state index in [2.05, 4.69) is 26.5 Å². The normalized spacial score (nSPS) is 15.0. The van der Waals surface area contributed by atoms with Crippen LogP contribution >= 0.6 is 15.9 Å². The van der Waals surface area contributed by atoms with Gasteiger partial charge in [-0.15, -0.1) is 0 Å². The Morgan fingerprint density at radius 3 is 2.57 bits per heavy atom. The first-order valence-electron chi connectivity index (χ1n) is 7.24. The molecule has 0 aliphatic heterocycles. The minimum Gasteiger partial charge on any atom is -0.288 e. The Kier molecular flexibility index (Phi) is 3.89. The highest BCUT2D eigenvalue weighted by atomic mass is 79.9. The Morgan fingerprint density at radius 1 is 1.33 bits per heavy atom. The van der Waals surface area contributed by atoms with Gasteiger partial charge >= 0.3 is 0 Å². The summed E-state index contributed by atoms with van der Waals surface area (Å²) in [5, 5.41) is 4.24. The average molecular weight is 351 g/mol. The van der Waals surface area contributed by atoms with Gasteiger partial charge in [-0.1, -0.05) is 6.42 Å². The number of aryl methyl sites for hydroxylation is 2. The largest absolute Gasteiger partial charge is 0.293 e. The van der Waals surface area contributed by atoms with Crippen LogP contribution in [0.25, 0.3) is 0 Å². The lowest BCUT2D eigenvalue weighted by Gasteiger charge is -2.25. The molecule has 1 N–H and O–H groups in total. The fourth-order valence-electron chi connectivity index (χ4n) is 2.58. The van der Waals surface area contributed by atoms with Crippen LogP contribution in [0.3, 0.4) is 0 Å². The van der Waals surface area contributed by atoms with Gasteiger partial charge in [-0.05, 0) is 60.7 Å². The van der Waals surface area contributed by atoms with Gasteiger partial charge in [0.1, 0.15) is 5.69 Å². The standard InChI is InChI=1S/C15H19BrN4O/c1-10-6-7-11(2)20(10)18-14-13(16)8-17-19(15(14)21)9-12-4-3-5-12/h6-8,12,18H,3-5,9H2,1-2H3. The van der Waals surface area contributed by atoms with E-state index in [1.807, 2.05) is 30.7 Å². The van der Waals surface area contributed by atoms with E-state index in [0.29, 0.717) is 22.6 Å². The van der Waals surface area contributed by atoms with E-state index >= 15 is 0 Å². The van der Waals surface area contributed by atoms with E-state index in [9.17, 15) is 4.79 Å². The van der Waals surface area contributed by atoms with Gasteiger partial charge in [-0.3, -0.25) is 14.9 Å². The number of nitrogens with one attached hydrogen (secondary N) is 1. The highest BCUT2D eigenvalue weighted by Crippen LogP contribution is 2.27. The first-order valence-corrected chi connectivity index (χ1v) is 8.03. The summed E-state index contributed by atoms with van der Waals surface area (Å²) < 4.78 is 4.17. The molecule has 21 heavy (non-hydrogen) atoms. The van der Waals surface area contributed by atoms with Gasteiger partial charge in [0.15, 0.2) is 0 Å². The predicted octanol–water partition coefficient (Wildman–Crippen LogP) is 3.10. The van der Waals surface area contributed by atoms with Crippen LogP contribution in [-0.2, 0) is 6.54 Å². The van der Waals surface area contributed by atoms with Crippen molar-refractivity contribution in [2.24, 2.45) is 5.92 Å². The molecular weight excluding hydrogens is 332 g/mol. The van der Waals surface area contributed by atoms with Crippen molar-refractivity contribution >= 4 is 21.6 Å². The number of hydrogen-bond donors (Lipinski definition) is 1. The van der Waals surface area contributed by atoms with Crippen molar-refractivity contribution in [3.05, 3.63) is 44.5 Å². The molecule has 0 saturated heterocycles. The highest BCUT2D eigenvalue weighted by molar-refractivity contribution is 9.10. The Labute approximate surface area is 132 Å². The van der Waals surface area contributed by atoms with Gasteiger partial charge in [-0.25, -0.2) is 4.68 Å². The zero-order valence-corrected chi connectivity index (χ0v) is 13.9. The van der Waals surface area contributed by atoms with Crippen LogP contribution in [0.1, 0.15) is 30.7 Å². The maximum Gasteiger partial charge on any atom is 0.293 e. The van der Waals surface area contributed by atoms with Crippen molar-refractivity contribution in [3.8, 4) is 0 Å². The zero-order chi connectivity index (χ0) is 15.0. The molecule has 0 amide bonds. The molecule has 0 spiro atoms. The van der Waals surface area contributed by atoms with Crippen molar-refractivity contribution < 1.29 is 0 Å². The van der Waals surface area contributed by atoms with Crippen LogP contribution in [0.4, 0.5) is 5.69 Å². The lowest BCUT2D eigenvalue weighted by molar-refractivity contribution is 0.262. The summed E-state index contributed by atoms with van der Waals surface area (Å²) in [5.41, 5.74) is 5.77. The summed E-state index contributed by atoms with van der Waals surface area (Å²) in [5.74, 6) is 0.597. The first-order chi connectivity index (χ1) is 10.1. The molecule has 3 rings (SSSR count). The summed E-state index contributed by atoms with van der Waals surface area (Å²) in [6.07, 6.45) is 5.35. The fourth-order valence-corrected chi connectivity index (χ4v) is 2.93. The molecule has 1 fully saturated rings. The molecule has 1 aliphatic rings. The molecule has 112 valence electrons. The van der Waals surface area contributed by atoms with Crippen LogP contribution < -0.4 is 11.0 Å². The lowest BCUT2D eigenvalue weighted by atomic mass is 9.85. The van der Waals surface area contributed by atoms with Crippen LogP contribution in [0, 0.1) is 19.8 Å². The van der Waals surface area contributed by atoms with Gasteiger partial charge in [0.05, 0.1) is 10.7 Å². The number of aromatic nitrogens is 3. The Morgan fingerprint density at radius 2 is 2.00 bits per heavy atom. The van der Waals surface area contributed by atoms with Crippen LogP contribution in [0.5, 0.6) is 0 Å². The maximum absolute atomic E-state index is 12.6. The van der Waals surface area contributed by atoms with Crippen molar-refractivity contribution in [3.63, 3.8) is 0 Å². The van der Waals surface area contributed by atoms with E-state index in [4.69, 9.17) is 0 Å². The highest BCUT2D eigenvalue weighted by Gasteiger charge is 2.20. The molecule has 5 nitrogen and oxygen atoms in total. The van der Waals surface area contributed by atoms with E-state index in [1.54, 1.807) is 10.9 Å². The van der Waals surface area contributed by atoms with Crippen LogP contribution in [-0.4, -0.2) is 14.5 Å². The number of anilines is 1. The Bertz CT molecular complexity index is 695. The summed E-state index contributed by atoms with van der Waals surface area (Å²) in [6, 6.07) is 4.04. The van der Waals surface area contributed by atoms with Gasteiger partial charge in [0, 0.05) is 17.9 Å². The topological polar surface area (TPSA) is 51.9 Å². The summed E-state index contributed by atoms with van der Waals surface area (Å²) >= 11 is 3.42. The van der Waals surface area contributed by atoms with Crippen LogP contribution in [0.2, 0.25) is 0 Å². The first kappa shape index (κ1) is 14.4. The summed E-state index contributed by atoms with van der Waals surface area (Å²) in [4.78, 5) is 12.6. The zero-order valence-electron chi connectivity index (χ0n) is 12.3. The van der Waals surface area contributed by atoms with E-state index < -0.39 is 0 Å². The molecule has 2 heterocycles. The van der Waals surface area contributed by atoms with Gasteiger partial charge in [0.2, 0.25) is 0 Å². The average Bonchev–Trinajstić information content (AvgIpc) is 2.71. The van der Waals surface area contributed by atoms with E-state index in [1.165, 1.54) is 19.3 Å². The predicted molar refractivity (Wildman–Crippen MR) is 86.5 cm³/mol. The molecule has 1 aliphatic carbocycles. The molecule has 0 aromatic carbocycles. The molecule has 0 unspecified atom stereocenters. The van der Waals surface area contributed by atoms with Crippen molar-refractivity contribution in [1.29, 1.82) is 0 Å². The van der Waals surface area contributed by atoms with Gasteiger partial charge in [0.25, 0.3) is 5.56 Å². The van der Waals surface area contributed by atoms with Crippen molar-refractivity contribution in [2.45, 2.75) is 39.7 Å². The third-order valence-corrected chi connectivity index (χ3v) is 4.75. The van der Waals surface area contributed by atoms with Gasteiger partial charge in [-0.2, -0.15) is 5.10 Å². The number of rotatable bonds is 4. The molecule has 6 heteroatoms. The molecule has 1 saturated carbocycles. The second-order valence-corrected chi connectivity index (χ2v) is 6.57. The van der Waals surface area contributed by atoms with E-state index in [0.717, 1.165) is 11.4 Å². The molecular formula is C15H19BrN4O. The molecule has 0 atom stereocenters. The minimum atomic E-state index is -0.0798. The summed E-state index contributed by atoms with van der Waals surface area (Å²) in [7, 11) is 0. The second-order valence-electron chi connectivity index (χ2n) is 5.72. The van der Waals surface area contributed by atoms with E-state index in [-0.39, 0.29) is 5.56 Å². The Balaban J connectivity index is 1.93.